The molecule has 3 rings (SSSR count). The molecule has 0 aliphatic rings. The van der Waals surface area contributed by atoms with Gasteiger partial charge in [-0.05, 0) is 6.92 Å². The van der Waals surface area contributed by atoms with Gasteiger partial charge in [0.15, 0.2) is 5.01 Å². The Labute approximate surface area is 104 Å². The third-order valence-corrected chi connectivity index (χ3v) is 3.40. The highest BCUT2D eigenvalue weighted by atomic mass is 32.1. The van der Waals surface area contributed by atoms with E-state index in [1.54, 1.807) is 19.5 Å². The summed E-state index contributed by atoms with van der Waals surface area (Å²) in [7, 11) is 1.55. The first-order valence-corrected chi connectivity index (χ1v) is 6.05. The maximum absolute atomic E-state index is 12.2. The molecule has 92 valence electrons. The molecule has 0 aromatic carbocycles. The van der Waals surface area contributed by atoms with Gasteiger partial charge >= 0.3 is 0 Å². The summed E-state index contributed by atoms with van der Waals surface area (Å²) >= 11 is 1.26. The van der Waals surface area contributed by atoms with Crippen molar-refractivity contribution in [1.82, 2.24) is 24.4 Å². The molecule has 0 amide bonds. The average molecular weight is 263 g/mol. The zero-order valence-electron chi connectivity index (χ0n) is 9.67. The lowest BCUT2D eigenvalue weighted by Gasteiger charge is -1.99. The summed E-state index contributed by atoms with van der Waals surface area (Å²) in [5.74, 6) is 0. The number of hydrogen-bond donors (Lipinski definition) is 1. The van der Waals surface area contributed by atoms with Crippen molar-refractivity contribution in [2.45, 2.75) is 6.92 Å². The van der Waals surface area contributed by atoms with E-state index in [9.17, 15) is 9.59 Å². The number of aromatic amines is 1. The topological polar surface area (TPSA) is 85.1 Å². The number of rotatable bonds is 1. The SMILES string of the molecule is Cc1cc(=O)n2c([nH]1)c(-c1nncs1)c(=O)n2C. The summed E-state index contributed by atoms with van der Waals surface area (Å²) < 4.78 is 2.57. The van der Waals surface area contributed by atoms with Crippen LogP contribution in [-0.2, 0) is 7.05 Å². The third kappa shape index (κ3) is 1.35. The number of nitrogens with zero attached hydrogens (tertiary/aromatic N) is 4. The number of fused-ring (bicyclic) bond motifs is 1. The Kier molecular flexibility index (Phi) is 2.20. The van der Waals surface area contributed by atoms with Crippen LogP contribution in [0.15, 0.2) is 21.2 Å². The van der Waals surface area contributed by atoms with Crippen LogP contribution in [0.25, 0.3) is 16.2 Å². The first-order chi connectivity index (χ1) is 8.59. The fraction of sp³-hybridized carbons (Fsp3) is 0.200. The molecular formula is C10H9N5O2S. The summed E-state index contributed by atoms with van der Waals surface area (Å²) in [5.41, 5.74) is 2.54. The molecule has 0 saturated heterocycles. The van der Waals surface area contributed by atoms with Gasteiger partial charge in [0, 0.05) is 18.8 Å². The maximum atomic E-state index is 12.2. The van der Waals surface area contributed by atoms with E-state index in [0.29, 0.717) is 21.9 Å². The van der Waals surface area contributed by atoms with Gasteiger partial charge in [0.05, 0.1) is 0 Å². The molecule has 1 N–H and O–H groups in total. The van der Waals surface area contributed by atoms with E-state index in [-0.39, 0.29) is 11.1 Å². The largest absolute Gasteiger partial charge is 0.343 e. The van der Waals surface area contributed by atoms with Gasteiger partial charge in [0.1, 0.15) is 16.7 Å². The molecule has 0 aliphatic carbocycles. The Balaban J connectivity index is 2.57. The predicted octanol–water partition coefficient (Wildman–Crippen LogP) is 0.153. The second-order valence-electron chi connectivity index (χ2n) is 3.90. The first-order valence-electron chi connectivity index (χ1n) is 5.18. The molecule has 3 heterocycles. The van der Waals surface area contributed by atoms with Gasteiger partial charge in [-0.1, -0.05) is 11.3 Å². The standard InChI is InChI=1S/C10H9N5O2S/c1-5-3-6(16)15-8(12-5)7(10(17)14(15)2)9-13-11-4-18-9/h3-4,12H,1-2H3. The summed E-state index contributed by atoms with van der Waals surface area (Å²) in [4.78, 5) is 27.1. The minimum Gasteiger partial charge on any atom is -0.343 e. The van der Waals surface area contributed by atoms with Gasteiger partial charge in [-0.25, -0.2) is 4.68 Å². The lowest BCUT2D eigenvalue weighted by Crippen LogP contribution is -2.24. The molecule has 0 saturated carbocycles. The van der Waals surface area contributed by atoms with Crippen LogP contribution in [0.3, 0.4) is 0 Å². The summed E-state index contributed by atoms with van der Waals surface area (Å²) in [6, 6.07) is 1.44. The maximum Gasteiger partial charge on any atom is 0.279 e. The fourth-order valence-corrected chi connectivity index (χ4v) is 2.52. The van der Waals surface area contributed by atoms with Crippen LogP contribution < -0.4 is 11.1 Å². The van der Waals surface area contributed by atoms with Crippen molar-refractivity contribution >= 4 is 17.0 Å². The van der Waals surface area contributed by atoms with E-state index in [4.69, 9.17) is 0 Å². The minimum absolute atomic E-state index is 0.253. The predicted molar refractivity (Wildman–Crippen MR) is 66.9 cm³/mol. The smallest absolute Gasteiger partial charge is 0.279 e. The van der Waals surface area contributed by atoms with Gasteiger partial charge < -0.3 is 4.98 Å². The molecule has 0 unspecified atom stereocenters. The number of aromatic nitrogens is 5. The molecule has 0 spiro atoms. The Hall–Kier alpha value is -2.22. The molecule has 0 radical (unpaired) electrons. The fourth-order valence-electron chi connectivity index (χ4n) is 1.93. The van der Waals surface area contributed by atoms with Crippen molar-refractivity contribution in [1.29, 1.82) is 0 Å². The zero-order valence-corrected chi connectivity index (χ0v) is 10.5. The Morgan fingerprint density at radius 3 is 2.83 bits per heavy atom. The lowest BCUT2D eigenvalue weighted by atomic mass is 10.3. The normalized spacial score (nSPS) is 11.2. The van der Waals surface area contributed by atoms with Gasteiger partial charge in [0.2, 0.25) is 0 Å². The van der Waals surface area contributed by atoms with E-state index in [1.165, 1.54) is 26.6 Å². The Bertz CT molecular complexity index is 840. The lowest BCUT2D eigenvalue weighted by molar-refractivity contribution is 0.658. The molecule has 3 aromatic heterocycles. The van der Waals surface area contributed by atoms with Crippen molar-refractivity contribution in [3.05, 3.63) is 38.0 Å². The van der Waals surface area contributed by atoms with E-state index in [1.807, 2.05) is 0 Å². The minimum atomic E-state index is -0.272. The number of aryl methyl sites for hydroxylation is 2. The molecule has 0 fully saturated rings. The van der Waals surface area contributed by atoms with Gasteiger partial charge in [0.25, 0.3) is 11.1 Å². The Morgan fingerprint density at radius 2 is 2.17 bits per heavy atom. The molecule has 18 heavy (non-hydrogen) atoms. The van der Waals surface area contributed by atoms with Crippen LogP contribution in [0.5, 0.6) is 0 Å². The van der Waals surface area contributed by atoms with Crippen molar-refractivity contribution in [3.8, 4) is 10.6 Å². The van der Waals surface area contributed by atoms with Crippen LogP contribution in [0.2, 0.25) is 0 Å². The average Bonchev–Trinajstić information content (AvgIpc) is 2.88. The number of hydrogen-bond acceptors (Lipinski definition) is 5. The van der Waals surface area contributed by atoms with Crippen molar-refractivity contribution < 1.29 is 0 Å². The molecule has 3 aromatic rings. The molecule has 0 aliphatic heterocycles. The second kappa shape index (κ2) is 3.64. The number of H-pyrrole nitrogens is 1. The van der Waals surface area contributed by atoms with E-state index < -0.39 is 0 Å². The van der Waals surface area contributed by atoms with Crippen LogP contribution >= 0.6 is 11.3 Å². The van der Waals surface area contributed by atoms with Crippen LogP contribution in [-0.4, -0.2) is 24.4 Å². The summed E-state index contributed by atoms with van der Waals surface area (Å²) in [6.07, 6.45) is 0. The summed E-state index contributed by atoms with van der Waals surface area (Å²) in [6.45, 7) is 1.77. The Morgan fingerprint density at radius 1 is 1.39 bits per heavy atom. The van der Waals surface area contributed by atoms with Gasteiger partial charge in [-0.15, -0.1) is 10.2 Å². The summed E-state index contributed by atoms with van der Waals surface area (Å²) in [5, 5.41) is 8.11. The molecule has 0 bridgehead atoms. The third-order valence-electron chi connectivity index (χ3n) is 2.69. The quantitative estimate of drug-likeness (QED) is 0.677. The number of nitrogens with one attached hydrogen (secondary N) is 1. The van der Waals surface area contributed by atoms with Gasteiger partial charge in [-0.3, -0.25) is 9.59 Å². The van der Waals surface area contributed by atoms with Crippen molar-refractivity contribution in [3.63, 3.8) is 0 Å². The van der Waals surface area contributed by atoms with Crippen molar-refractivity contribution in [2.75, 3.05) is 0 Å². The first kappa shape index (κ1) is 10.9. The van der Waals surface area contributed by atoms with Crippen LogP contribution in [0, 0.1) is 6.92 Å². The van der Waals surface area contributed by atoms with Crippen LogP contribution in [0.1, 0.15) is 5.69 Å². The highest BCUT2D eigenvalue weighted by molar-refractivity contribution is 7.12. The second-order valence-corrected chi connectivity index (χ2v) is 4.73. The van der Waals surface area contributed by atoms with Crippen molar-refractivity contribution in [2.24, 2.45) is 7.05 Å². The molecule has 8 heteroatoms. The van der Waals surface area contributed by atoms with Gasteiger partial charge in [-0.2, -0.15) is 4.52 Å². The van der Waals surface area contributed by atoms with E-state index >= 15 is 0 Å². The van der Waals surface area contributed by atoms with Crippen LogP contribution in [0.4, 0.5) is 0 Å². The highest BCUT2D eigenvalue weighted by Crippen LogP contribution is 2.20. The zero-order chi connectivity index (χ0) is 12.9. The molecular weight excluding hydrogens is 254 g/mol. The molecule has 0 atom stereocenters. The van der Waals surface area contributed by atoms with E-state index in [2.05, 4.69) is 15.2 Å². The monoisotopic (exact) mass is 263 g/mol. The highest BCUT2D eigenvalue weighted by Gasteiger charge is 2.19. The van der Waals surface area contributed by atoms with E-state index in [0.717, 1.165) is 0 Å². The molecule has 7 nitrogen and oxygen atoms in total.